The van der Waals surface area contributed by atoms with Crippen LogP contribution in [-0.4, -0.2) is 30.1 Å². The number of H-pyrrole nitrogens is 1. The Kier molecular flexibility index (Phi) is 3.22. The van der Waals surface area contributed by atoms with Crippen LogP contribution >= 0.6 is 0 Å². The molecule has 2 rings (SSSR count). The van der Waals surface area contributed by atoms with Crippen LogP contribution in [0.4, 0.5) is 0 Å². The summed E-state index contributed by atoms with van der Waals surface area (Å²) in [6, 6.07) is 7.78. The number of aromatic amines is 1. The molecule has 1 aromatic heterocycles. The van der Waals surface area contributed by atoms with E-state index < -0.39 is 0 Å². The Labute approximate surface area is 87.4 Å². The standard InChI is InChI=1S/C11H13NO3/c13-5-6-14-8-15-10-2-1-9-3-4-12-11(9)7-10/h1-4,7,12-13H,5-6,8H2. The topological polar surface area (TPSA) is 54.5 Å². The Morgan fingerprint density at radius 1 is 1.27 bits per heavy atom. The second-order valence-electron chi connectivity index (χ2n) is 3.12. The minimum atomic E-state index is 0.0129. The van der Waals surface area contributed by atoms with Crippen molar-refractivity contribution >= 4 is 10.9 Å². The normalized spacial score (nSPS) is 10.7. The summed E-state index contributed by atoms with van der Waals surface area (Å²) in [5, 5.41) is 9.64. The average molecular weight is 207 g/mol. The highest BCUT2D eigenvalue weighted by Gasteiger charge is 1.97. The summed E-state index contributed by atoms with van der Waals surface area (Å²) in [7, 11) is 0. The van der Waals surface area contributed by atoms with Crippen molar-refractivity contribution in [3.63, 3.8) is 0 Å². The molecule has 1 aromatic carbocycles. The van der Waals surface area contributed by atoms with E-state index in [0.29, 0.717) is 6.61 Å². The number of aromatic nitrogens is 1. The number of ether oxygens (including phenoxy) is 2. The minimum absolute atomic E-state index is 0.0129. The zero-order valence-corrected chi connectivity index (χ0v) is 8.27. The molecule has 0 atom stereocenters. The van der Waals surface area contributed by atoms with Gasteiger partial charge in [0.1, 0.15) is 5.75 Å². The van der Waals surface area contributed by atoms with E-state index in [0.717, 1.165) is 16.7 Å². The Balaban J connectivity index is 1.96. The molecule has 0 aliphatic heterocycles. The maximum Gasteiger partial charge on any atom is 0.189 e. The van der Waals surface area contributed by atoms with Crippen LogP contribution in [0, 0.1) is 0 Å². The summed E-state index contributed by atoms with van der Waals surface area (Å²) >= 11 is 0. The minimum Gasteiger partial charge on any atom is -0.467 e. The van der Waals surface area contributed by atoms with E-state index in [1.54, 1.807) is 0 Å². The number of benzene rings is 1. The lowest BCUT2D eigenvalue weighted by molar-refractivity contribution is -0.000970. The lowest BCUT2D eigenvalue weighted by atomic mass is 10.2. The van der Waals surface area contributed by atoms with E-state index >= 15 is 0 Å². The van der Waals surface area contributed by atoms with Crippen LogP contribution in [0.15, 0.2) is 30.5 Å². The number of aliphatic hydroxyl groups is 1. The van der Waals surface area contributed by atoms with Gasteiger partial charge in [0.15, 0.2) is 6.79 Å². The van der Waals surface area contributed by atoms with Crippen LogP contribution in [-0.2, 0) is 4.74 Å². The molecule has 0 saturated carbocycles. The first-order chi connectivity index (χ1) is 7.40. The maximum atomic E-state index is 8.49. The van der Waals surface area contributed by atoms with Crippen LogP contribution in [0.1, 0.15) is 0 Å². The van der Waals surface area contributed by atoms with Gasteiger partial charge in [-0.15, -0.1) is 0 Å². The van der Waals surface area contributed by atoms with Crippen molar-refractivity contribution in [3.05, 3.63) is 30.5 Å². The van der Waals surface area contributed by atoms with Gasteiger partial charge in [0.05, 0.1) is 13.2 Å². The first-order valence-corrected chi connectivity index (χ1v) is 4.79. The summed E-state index contributed by atoms with van der Waals surface area (Å²) in [5.74, 6) is 0.753. The molecule has 0 spiro atoms. The highest BCUT2D eigenvalue weighted by molar-refractivity contribution is 5.80. The molecule has 2 aromatic rings. The van der Waals surface area contributed by atoms with Crippen LogP contribution in [0.2, 0.25) is 0 Å². The quantitative estimate of drug-likeness (QED) is 0.577. The lowest BCUT2D eigenvalue weighted by Gasteiger charge is -2.05. The van der Waals surface area contributed by atoms with E-state index in [1.165, 1.54) is 0 Å². The van der Waals surface area contributed by atoms with Gasteiger partial charge in [0.2, 0.25) is 0 Å². The van der Waals surface area contributed by atoms with Crippen molar-refractivity contribution in [2.45, 2.75) is 0 Å². The fourth-order valence-electron chi connectivity index (χ4n) is 1.35. The zero-order valence-electron chi connectivity index (χ0n) is 8.27. The van der Waals surface area contributed by atoms with Gasteiger partial charge < -0.3 is 19.6 Å². The third-order valence-corrected chi connectivity index (χ3v) is 2.07. The number of hydrogen-bond acceptors (Lipinski definition) is 3. The molecule has 4 nitrogen and oxygen atoms in total. The van der Waals surface area contributed by atoms with Gasteiger partial charge in [0.25, 0.3) is 0 Å². The maximum absolute atomic E-state index is 8.49. The number of aliphatic hydroxyl groups excluding tert-OH is 1. The van der Waals surface area contributed by atoms with E-state index in [9.17, 15) is 0 Å². The first kappa shape index (κ1) is 10.0. The summed E-state index contributed by atoms with van der Waals surface area (Å²) < 4.78 is 10.3. The third kappa shape index (κ3) is 2.49. The first-order valence-electron chi connectivity index (χ1n) is 4.79. The largest absolute Gasteiger partial charge is 0.467 e. The number of nitrogens with one attached hydrogen (secondary N) is 1. The molecule has 0 bridgehead atoms. The molecular formula is C11H13NO3. The number of hydrogen-bond donors (Lipinski definition) is 2. The van der Waals surface area contributed by atoms with Gasteiger partial charge in [-0.25, -0.2) is 0 Å². The molecule has 2 N–H and O–H groups in total. The fraction of sp³-hybridized carbons (Fsp3) is 0.273. The SMILES string of the molecule is OCCOCOc1ccc2cc[nH]c2c1. The Bertz CT molecular complexity index is 424. The van der Waals surface area contributed by atoms with Crippen LogP contribution in [0.3, 0.4) is 0 Å². The highest BCUT2D eigenvalue weighted by Crippen LogP contribution is 2.19. The molecule has 80 valence electrons. The van der Waals surface area contributed by atoms with Crippen LogP contribution < -0.4 is 4.74 Å². The van der Waals surface area contributed by atoms with Crippen molar-refractivity contribution in [2.24, 2.45) is 0 Å². The smallest absolute Gasteiger partial charge is 0.189 e. The summed E-state index contributed by atoms with van der Waals surface area (Å²) in [4.78, 5) is 3.10. The van der Waals surface area contributed by atoms with E-state index in [1.807, 2.05) is 30.5 Å². The fourth-order valence-corrected chi connectivity index (χ4v) is 1.35. The van der Waals surface area contributed by atoms with E-state index in [4.69, 9.17) is 14.6 Å². The molecule has 4 heteroatoms. The molecule has 0 radical (unpaired) electrons. The number of rotatable bonds is 5. The molecule has 0 saturated heterocycles. The van der Waals surface area contributed by atoms with Gasteiger partial charge in [-0.3, -0.25) is 0 Å². The molecular weight excluding hydrogens is 194 g/mol. The summed E-state index contributed by atoms with van der Waals surface area (Å²) in [6.45, 7) is 0.469. The van der Waals surface area contributed by atoms with Gasteiger partial charge in [-0.1, -0.05) is 0 Å². The summed E-state index contributed by atoms with van der Waals surface area (Å²) in [6.07, 6.45) is 1.89. The molecule has 15 heavy (non-hydrogen) atoms. The predicted octanol–water partition coefficient (Wildman–Crippen LogP) is 1.51. The average Bonchev–Trinajstić information content (AvgIpc) is 2.71. The van der Waals surface area contributed by atoms with Crippen molar-refractivity contribution < 1.29 is 14.6 Å². The molecule has 0 fully saturated rings. The van der Waals surface area contributed by atoms with E-state index in [2.05, 4.69) is 4.98 Å². The highest BCUT2D eigenvalue weighted by atomic mass is 16.7. The summed E-state index contributed by atoms with van der Waals surface area (Å²) in [5.41, 5.74) is 1.04. The van der Waals surface area contributed by atoms with Crippen molar-refractivity contribution in [3.8, 4) is 5.75 Å². The van der Waals surface area contributed by atoms with Gasteiger partial charge in [-0.2, -0.15) is 0 Å². The van der Waals surface area contributed by atoms with E-state index in [-0.39, 0.29) is 13.4 Å². The van der Waals surface area contributed by atoms with Crippen LogP contribution in [0.5, 0.6) is 5.75 Å². The molecule has 0 aliphatic carbocycles. The van der Waals surface area contributed by atoms with Crippen molar-refractivity contribution in [1.29, 1.82) is 0 Å². The number of fused-ring (bicyclic) bond motifs is 1. The second kappa shape index (κ2) is 4.82. The molecule has 0 unspecified atom stereocenters. The molecule has 0 amide bonds. The van der Waals surface area contributed by atoms with Gasteiger partial charge in [-0.05, 0) is 23.6 Å². The van der Waals surface area contributed by atoms with Crippen molar-refractivity contribution in [1.82, 2.24) is 4.98 Å². The Morgan fingerprint density at radius 3 is 3.07 bits per heavy atom. The van der Waals surface area contributed by atoms with Crippen molar-refractivity contribution in [2.75, 3.05) is 20.0 Å². The second-order valence-corrected chi connectivity index (χ2v) is 3.12. The Morgan fingerprint density at radius 2 is 2.20 bits per heavy atom. The lowest BCUT2D eigenvalue weighted by Crippen LogP contribution is -2.06. The molecule has 1 heterocycles. The monoisotopic (exact) mass is 207 g/mol. The van der Waals surface area contributed by atoms with Crippen LogP contribution in [0.25, 0.3) is 10.9 Å². The van der Waals surface area contributed by atoms with Gasteiger partial charge in [0, 0.05) is 17.8 Å². The Hall–Kier alpha value is -1.52. The third-order valence-electron chi connectivity index (χ3n) is 2.07. The molecule has 0 aliphatic rings. The zero-order chi connectivity index (χ0) is 10.5. The van der Waals surface area contributed by atoms with Gasteiger partial charge >= 0.3 is 0 Å². The predicted molar refractivity (Wildman–Crippen MR) is 56.8 cm³/mol.